The van der Waals surface area contributed by atoms with E-state index in [-0.39, 0.29) is 0 Å². The molecule has 57 heavy (non-hydrogen) atoms. The predicted molar refractivity (Wildman–Crippen MR) is 241 cm³/mol. The highest BCUT2D eigenvalue weighted by Gasteiger charge is 2.53. The van der Waals surface area contributed by atoms with Gasteiger partial charge in [-0.05, 0) is 133 Å². The summed E-state index contributed by atoms with van der Waals surface area (Å²) in [6.45, 7) is 0. The van der Waals surface area contributed by atoms with Crippen LogP contribution in [0.15, 0.2) is 206 Å². The van der Waals surface area contributed by atoms with E-state index >= 15 is 0 Å². The molecule has 13 rings (SSSR count). The molecule has 11 aromatic rings. The molecule has 0 heterocycles. The lowest BCUT2D eigenvalue weighted by Crippen LogP contribution is -2.26. The first-order valence-electron chi connectivity index (χ1n) is 20.0. The second kappa shape index (κ2) is 11.4. The van der Waals surface area contributed by atoms with Gasteiger partial charge in [-0.25, -0.2) is 0 Å². The standard InChI is InChI=1S/C57H34/c1-4-19-40-35(15-1)30-32-53-54(40)55-47-26-10-9-23-44(47)50-34-37(29-31-48(50)56(55)57(53)51-27-13-11-24-45(51)46-25-12-14-28-52(46)57)39-18-5-6-21-42(39)49-33-36-16-2-3-17-38(36)41-20-7-8-22-43(41)49/h1-34H. The fourth-order valence-electron chi connectivity index (χ4n) is 11.0. The molecule has 0 N–H and O–H groups in total. The fraction of sp³-hybridized carbons (Fsp3) is 0.0175. The zero-order chi connectivity index (χ0) is 37.2. The molecular formula is C57H34. The topological polar surface area (TPSA) is 0 Å². The first-order valence-corrected chi connectivity index (χ1v) is 20.0. The van der Waals surface area contributed by atoms with Crippen LogP contribution in [0.2, 0.25) is 0 Å². The Morgan fingerprint density at radius 2 is 0.789 bits per heavy atom. The van der Waals surface area contributed by atoms with Gasteiger partial charge in [-0.1, -0.05) is 194 Å². The molecule has 0 heteroatoms. The average molecular weight is 719 g/mol. The molecule has 1 spiro atoms. The second-order valence-corrected chi connectivity index (χ2v) is 15.8. The Bertz CT molecular complexity index is 3480. The average Bonchev–Trinajstić information content (AvgIpc) is 3.77. The zero-order valence-corrected chi connectivity index (χ0v) is 31.1. The molecule has 0 nitrogen and oxygen atoms in total. The van der Waals surface area contributed by atoms with E-state index in [1.807, 2.05) is 0 Å². The highest BCUT2D eigenvalue weighted by Crippen LogP contribution is 2.66. The van der Waals surface area contributed by atoms with Gasteiger partial charge in [0.05, 0.1) is 5.41 Å². The van der Waals surface area contributed by atoms with Gasteiger partial charge in [-0.15, -0.1) is 0 Å². The van der Waals surface area contributed by atoms with Crippen molar-refractivity contribution in [2.24, 2.45) is 0 Å². The SMILES string of the molecule is c1ccc(-c2cc3ccccc3c3ccccc23)c(-c2ccc3c4c(c5ccccc5c3c2)-c2c(ccc3ccccc23)C42c3ccccc3-c3ccccc32)c1. The van der Waals surface area contributed by atoms with Gasteiger partial charge in [0.1, 0.15) is 0 Å². The van der Waals surface area contributed by atoms with Crippen molar-refractivity contribution in [1.29, 1.82) is 0 Å². The Morgan fingerprint density at radius 1 is 0.246 bits per heavy atom. The largest absolute Gasteiger partial charge is 0.0732 e. The molecule has 0 aromatic heterocycles. The molecule has 0 atom stereocenters. The summed E-state index contributed by atoms with van der Waals surface area (Å²) in [6.07, 6.45) is 0. The Hall–Kier alpha value is -7.28. The van der Waals surface area contributed by atoms with Crippen LogP contribution in [0.5, 0.6) is 0 Å². The highest BCUT2D eigenvalue weighted by molar-refractivity contribution is 6.23. The molecule has 0 aliphatic heterocycles. The van der Waals surface area contributed by atoms with Crippen LogP contribution in [-0.4, -0.2) is 0 Å². The van der Waals surface area contributed by atoms with Crippen molar-refractivity contribution in [2.45, 2.75) is 5.41 Å². The van der Waals surface area contributed by atoms with Crippen molar-refractivity contribution in [3.8, 4) is 44.5 Å². The van der Waals surface area contributed by atoms with E-state index in [0.29, 0.717) is 0 Å². The van der Waals surface area contributed by atoms with Crippen LogP contribution in [0, 0.1) is 0 Å². The van der Waals surface area contributed by atoms with Crippen LogP contribution in [0.3, 0.4) is 0 Å². The van der Waals surface area contributed by atoms with Crippen molar-refractivity contribution < 1.29 is 0 Å². The van der Waals surface area contributed by atoms with E-state index < -0.39 is 5.41 Å². The molecule has 0 fully saturated rings. The zero-order valence-electron chi connectivity index (χ0n) is 31.1. The molecule has 2 aliphatic carbocycles. The minimum atomic E-state index is -0.465. The number of hydrogen-bond acceptors (Lipinski definition) is 0. The van der Waals surface area contributed by atoms with Gasteiger partial charge in [0, 0.05) is 0 Å². The Labute approximate surface area is 330 Å². The van der Waals surface area contributed by atoms with Gasteiger partial charge in [0.15, 0.2) is 0 Å². The summed E-state index contributed by atoms with van der Waals surface area (Å²) in [7, 11) is 0. The Kier molecular flexibility index (Phi) is 6.19. The molecule has 0 saturated heterocycles. The summed E-state index contributed by atoms with van der Waals surface area (Å²) in [4.78, 5) is 0. The molecule has 262 valence electrons. The number of hydrogen-bond donors (Lipinski definition) is 0. The van der Waals surface area contributed by atoms with Crippen LogP contribution in [0.4, 0.5) is 0 Å². The van der Waals surface area contributed by atoms with Gasteiger partial charge in [0.25, 0.3) is 0 Å². The third kappa shape index (κ3) is 3.97. The van der Waals surface area contributed by atoms with E-state index in [9.17, 15) is 0 Å². The third-order valence-corrected chi connectivity index (χ3v) is 13.2. The van der Waals surface area contributed by atoms with Crippen LogP contribution in [-0.2, 0) is 5.41 Å². The normalized spacial score (nSPS) is 13.4. The summed E-state index contributed by atoms with van der Waals surface area (Å²) in [6, 6.07) is 77.6. The van der Waals surface area contributed by atoms with Crippen molar-refractivity contribution in [3.63, 3.8) is 0 Å². The van der Waals surface area contributed by atoms with Gasteiger partial charge in [-0.2, -0.15) is 0 Å². The molecular weight excluding hydrogens is 685 g/mol. The van der Waals surface area contributed by atoms with Crippen molar-refractivity contribution in [2.75, 3.05) is 0 Å². The maximum atomic E-state index is 2.49. The molecule has 0 saturated carbocycles. The summed E-state index contributed by atoms with van der Waals surface area (Å²) in [5.41, 5.74) is 15.4. The van der Waals surface area contributed by atoms with Crippen molar-refractivity contribution in [3.05, 3.63) is 229 Å². The summed E-state index contributed by atoms with van der Waals surface area (Å²) >= 11 is 0. The molecule has 2 aliphatic rings. The number of rotatable bonds is 2. The van der Waals surface area contributed by atoms with Crippen LogP contribution in [0.1, 0.15) is 22.3 Å². The summed E-state index contributed by atoms with van der Waals surface area (Å²) in [5.74, 6) is 0. The van der Waals surface area contributed by atoms with Crippen molar-refractivity contribution >= 4 is 53.9 Å². The molecule has 0 amide bonds. The lowest BCUT2D eigenvalue weighted by molar-refractivity contribution is 0.802. The van der Waals surface area contributed by atoms with Gasteiger partial charge < -0.3 is 0 Å². The molecule has 0 bridgehead atoms. The lowest BCUT2D eigenvalue weighted by Gasteiger charge is -2.32. The third-order valence-electron chi connectivity index (χ3n) is 13.2. The van der Waals surface area contributed by atoms with E-state index in [0.717, 1.165) is 0 Å². The lowest BCUT2D eigenvalue weighted by atomic mass is 9.69. The van der Waals surface area contributed by atoms with Gasteiger partial charge in [0.2, 0.25) is 0 Å². The van der Waals surface area contributed by atoms with E-state index in [1.165, 1.54) is 121 Å². The van der Waals surface area contributed by atoms with E-state index in [2.05, 4.69) is 206 Å². The Balaban J connectivity index is 1.16. The Morgan fingerprint density at radius 3 is 1.53 bits per heavy atom. The van der Waals surface area contributed by atoms with E-state index in [4.69, 9.17) is 0 Å². The van der Waals surface area contributed by atoms with Crippen molar-refractivity contribution in [1.82, 2.24) is 0 Å². The monoisotopic (exact) mass is 718 g/mol. The number of fused-ring (bicyclic) bond motifs is 20. The minimum absolute atomic E-state index is 0.465. The van der Waals surface area contributed by atoms with E-state index in [1.54, 1.807) is 0 Å². The predicted octanol–water partition coefficient (Wildman–Crippen LogP) is 15.1. The van der Waals surface area contributed by atoms with Crippen LogP contribution in [0.25, 0.3) is 98.4 Å². The summed E-state index contributed by atoms with van der Waals surface area (Å²) < 4.78 is 0. The quantitative estimate of drug-likeness (QED) is 0.156. The maximum absolute atomic E-state index is 2.49. The molecule has 11 aromatic carbocycles. The highest BCUT2D eigenvalue weighted by atomic mass is 14.5. The van der Waals surface area contributed by atoms with Gasteiger partial charge in [-0.3, -0.25) is 0 Å². The second-order valence-electron chi connectivity index (χ2n) is 15.8. The van der Waals surface area contributed by atoms with Crippen LogP contribution < -0.4 is 0 Å². The number of benzene rings is 11. The molecule has 0 unspecified atom stereocenters. The maximum Gasteiger partial charge on any atom is 0.0732 e. The molecule has 0 radical (unpaired) electrons. The van der Waals surface area contributed by atoms with Crippen LogP contribution >= 0.6 is 0 Å². The first kappa shape index (κ1) is 31.0. The first-order chi connectivity index (χ1) is 28.3. The smallest absolute Gasteiger partial charge is 0.0619 e. The fourth-order valence-corrected chi connectivity index (χ4v) is 11.0. The summed E-state index contributed by atoms with van der Waals surface area (Å²) in [5, 5.41) is 12.9. The van der Waals surface area contributed by atoms with Gasteiger partial charge >= 0.3 is 0 Å². The minimum Gasteiger partial charge on any atom is -0.0619 e.